The van der Waals surface area contributed by atoms with E-state index in [1.165, 1.54) is 9.13 Å². The Morgan fingerprint density at radius 1 is 0.533 bits per heavy atom. The number of imidazole rings is 1. The molecule has 30 heavy (non-hydrogen) atoms. The fourth-order valence-electron chi connectivity index (χ4n) is 3.92. The van der Waals surface area contributed by atoms with Crippen LogP contribution in [-0.2, 0) is 0 Å². The summed E-state index contributed by atoms with van der Waals surface area (Å²) in [5, 5.41) is 0. The van der Waals surface area contributed by atoms with E-state index in [4.69, 9.17) is 0 Å². The van der Waals surface area contributed by atoms with Gasteiger partial charge in [0, 0.05) is 11.1 Å². The molecule has 5 heteroatoms. The molecule has 0 spiro atoms. The number of fused-ring (bicyclic) bond motifs is 2. The maximum atomic E-state index is 13.6. The predicted molar refractivity (Wildman–Crippen MR) is 114 cm³/mol. The second-order valence-electron chi connectivity index (χ2n) is 7.53. The van der Waals surface area contributed by atoms with Gasteiger partial charge in [-0.05, 0) is 38.1 Å². The predicted octanol–water partition coefficient (Wildman–Crippen LogP) is 4.02. The van der Waals surface area contributed by atoms with Gasteiger partial charge in [-0.25, -0.2) is 4.79 Å². The second kappa shape index (κ2) is 6.52. The number of ketones is 2. The fourth-order valence-corrected chi connectivity index (χ4v) is 3.92. The van der Waals surface area contributed by atoms with Crippen LogP contribution in [0.3, 0.4) is 0 Å². The Morgan fingerprint density at radius 2 is 0.900 bits per heavy atom. The van der Waals surface area contributed by atoms with Gasteiger partial charge >= 0.3 is 5.69 Å². The number of hydrogen-bond acceptors (Lipinski definition) is 3. The van der Waals surface area contributed by atoms with Crippen molar-refractivity contribution >= 4 is 11.6 Å². The number of aromatic nitrogens is 2. The molecular formula is C25H18N2O3. The summed E-state index contributed by atoms with van der Waals surface area (Å²) in [7, 11) is 0. The van der Waals surface area contributed by atoms with Gasteiger partial charge in [0.2, 0.25) is 11.6 Å². The minimum Gasteiger partial charge on any atom is -0.287 e. The maximum Gasteiger partial charge on any atom is 0.338 e. The zero-order chi connectivity index (χ0) is 21.0. The van der Waals surface area contributed by atoms with Crippen LogP contribution >= 0.6 is 0 Å². The van der Waals surface area contributed by atoms with Gasteiger partial charge in [0.1, 0.15) is 11.4 Å². The molecule has 1 aliphatic carbocycles. The van der Waals surface area contributed by atoms with Crippen molar-refractivity contribution in [3.05, 3.63) is 117 Å². The number of aryl methyl sites for hydroxylation is 2. The molecule has 0 aliphatic heterocycles. The molecule has 146 valence electrons. The lowest BCUT2D eigenvalue weighted by Gasteiger charge is -2.17. The summed E-state index contributed by atoms with van der Waals surface area (Å²) in [5.41, 5.74) is 3.57. The largest absolute Gasteiger partial charge is 0.338 e. The van der Waals surface area contributed by atoms with E-state index in [-0.39, 0.29) is 23.0 Å². The highest BCUT2D eigenvalue weighted by molar-refractivity contribution is 6.27. The van der Waals surface area contributed by atoms with Crippen LogP contribution in [0.2, 0.25) is 0 Å². The minimum atomic E-state index is -0.442. The lowest BCUT2D eigenvalue weighted by Crippen LogP contribution is -2.24. The van der Waals surface area contributed by atoms with Gasteiger partial charge in [-0.3, -0.25) is 18.7 Å². The highest BCUT2D eigenvalue weighted by atomic mass is 16.2. The number of benzene rings is 3. The van der Waals surface area contributed by atoms with Crippen molar-refractivity contribution in [3.63, 3.8) is 0 Å². The third-order valence-corrected chi connectivity index (χ3v) is 5.48. The molecular weight excluding hydrogens is 376 g/mol. The first-order valence-electron chi connectivity index (χ1n) is 9.67. The van der Waals surface area contributed by atoms with Crippen molar-refractivity contribution < 1.29 is 9.59 Å². The molecule has 1 aliphatic rings. The molecule has 1 aromatic heterocycles. The summed E-state index contributed by atoms with van der Waals surface area (Å²) in [4.78, 5) is 40.5. The maximum absolute atomic E-state index is 13.6. The molecule has 1 heterocycles. The van der Waals surface area contributed by atoms with Crippen molar-refractivity contribution in [2.75, 3.05) is 0 Å². The Labute approximate surface area is 172 Å². The van der Waals surface area contributed by atoms with Crippen LogP contribution in [0, 0.1) is 13.8 Å². The number of rotatable bonds is 2. The average Bonchev–Trinajstić information content (AvgIpc) is 3.06. The first kappa shape index (κ1) is 18.1. The van der Waals surface area contributed by atoms with E-state index in [0.29, 0.717) is 22.5 Å². The minimum absolute atomic E-state index is 0.105. The third-order valence-electron chi connectivity index (χ3n) is 5.48. The summed E-state index contributed by atoms with van der Waals surface area (Å²) >= 11 is 0. The summed E-state index contributed by atoms with van der Waals surface area (Å²) < 4.78 is 2.70. The topological polar surface area (TPSA) is 61.1 Å². The zero-order valence-electron chi connectivity index (χ0n) is 16.5. The van der Waals surface area contributed by atoms with Crippen molar-refractivity contribution in [2.45, 2.75) is 13.8 Å². The van der Waals surface area contributed by atoms with E-state index >= 15 is 0 Å². The van der Waals surface area contributed by atoms with E-state index in [0.717, 1.165) is 11.1 Å². The monoisotopic (exact) mass is 394 g/mol. The van der Waals surface area contributed by atoms with Crippen LogP contribution in [0.5, 0.6) is 0 Å². The molecule has 0 amide bonds. The molecule has 0 radical (unpaired) electrons. The quantitative estimate of drug-likeness (QED) is 0.454. The van der Waals surface area contributed by atoms with Gasteiger partial charge in [-0.15, -0.1) is 0 Å². The average molecular weight is 394 g/mol. The number of hydrogen-bond donors (Lipinski definition) is 0. The standard InChI is InChI=1S/C25H18N2O3/c1-15-7-11-17(12-8-15)26-21-22(24(29)20-6-4-3-5-19(20)23(21)28)27(25(26)30)18-13-9-16(2)10-14-18/h3-14H,1-2H3. The Bertz CT molecular complexity index is 1280. The van der Waals surface area contributed by atoms with Crippen LogP contribution in [0.25, 0.3) is 11.4 Å². The molecule has 0 unspecified atom stereocenters. The zero-order valence-corrected chi connectivity index (χ0v) is 16.5. The van der Waals surface area contributed by atoms with Crippen LogP contribution in [0.1, 0.15) is 43.2 Å². The van der Waals surface area contributed by atoms with Gasteiger partial charge in [-0.1, -0.05) is 59.7 Å². The summed E-state index contributed by atoms with van der Waals surface area (Å²) in [6.07, 6.45) is 0. The van der Waals surface area contributed by atoms with Crippen LogP contribution in [-0.4, -0.2) is 20.7 Å². The Balaban J connectivity index is 1.89. The molecule has 0 saturated carbocycles. The van der Waals surface area contributed by atoms with Gasteiger partial charge in [-0.2, -0.15) is 0 Å². The van der Waals surface area contributed by atoms with Crippen molar-refractivity contribution in [1.29, 1.82) is 0 Å². The highest BCUT2D eigenvalue weighted by Gasteiger charge is 2.38. The van der Waals surface area contributed by atoms with Gasteiger partial charge in [0.05, 0.1) is 11.4 Å². The molecule has 0 bridgehead atoms. The molecule has 0 saturated heterocycles. The molecule has 5 nitrogen and oxygen atoms in total. The Hall–Kier alpha value is -3.99. The molecule has 0 N–H and O–H groups in total. The van der Waals surface area contributed by atoms with Crippen LogP contribution in [0.15, 0.2) is 77.6 Å². The fraction of sp³-hybridized carbons (Fsp3) is 0.0800. The molecule has 0 atom stereocenters. The SMILES string of the molecule is Cc1ccc(-n2c3c(n(-c4ccc(C)cc4)c2=O)C(=O)c2ccccc2C3=O)cc1. The van der Waals surface area contributed by atoms with Gasteiger partial charge in [0.25, 0.3) is 0 Å². The molecule has 3 aromatic carbocycles. The lowest BCUT2D eigenvalue weighted by atomic mass is 9.89. The van der Waals surface area contributed by atoms with E-state index in [1.54, 1.807) is 48.5 Å². The van der Waals surface area contributed by atoms with Crippen LogP contribution in [0.4, 0.5) is 0 Å². The first-order chi connectivity index (χ1) is 14.5. The van der Waals surface area contributed by atoms with Crippen LogP contribution < -0.4 is 5.69 Å². The molecule has 4 aromatic rings. The number of carbonyl (C=O) groups is 2. The van der Waals surface area contributed by atoms with Crippen molar-refractivity contribution in [3.8, 4) is 11.4 Å². The van der Waals surface area contributed by atoms with E-state index in [2.05, 4.69) is 0 Å². The van der Waals surface area contributed by atoms with E-state index < -0.39 is 5.69 Å². The summed E-state index contributed by atoms with van der Waals surface area (Å²) in [5.74, 6) is -0.660. The number of carbonyl (C=O) groups excluding carboxylic acids is 2. The summed E-state index contributed by atoms with van der Waals surface area (Å²) in [6, 6.07) is 21.4. The third kappa shape index (κ3) is 2.52. The number of nitrogens with zero attached hydrogens (tertiary/aromatic N) is 2. The Kier molecular flexibility index (Phi) is 3.93. The van der Waals surface area contributed by atoms with Gasteiger partial charge in [0.15, 0.2) is 0 Å². The van der Waals surface area contributed by atoms with Crippen molar-refractivity contribution in [1.82, 2.24) is 9.13 Å². The molecule has 0 fully saturated rings. The van der Waals surface area contributed by atoms with E-state index in [9.17, 15) is 14.4 Å². The van der Waals surface area contributed by atoms with Crippen molar-refractivity contribution in [2.24, 2.45) is 0 Å². The molecule has 5 rings (SSSR count). The Morgan fingerprint density at radius 3 is 1.27 bits per heavy atom. The highest BCUT2D eigenvalue weighted by Crippen LogP contribution is 2.30. The second-order valence-corrected chi connectivity index (χ2v) is 7.53. The first-order valence-corrected chi connectivity index (χ1v) is 9.67. The normalized spacial score (nSPS) is 12.6. The smallest absolute Gasteiger partial charge is 0.287 e. The van der Waals surface area contributed by atoms with Gasteiger partial charge < -0.3 is 0 Å². The van der Waals surface area contributed by atoms with E-state index in [1.807, 2.05) is 38.1 Å². The lowest BCUT2D eigenvalue weighted by molar-refractivity contribution is 0.0971. The summed E-state index contributed by atoms with van der Waals surface area (Å²) in [6.45, 7) is 3.90.